The summed E-state index contributed by atoms with van der Waals surface area (Å²) >= 11 is 0. The number of benzene rings is 1. The number of fused-ring (bicyclic) bond motifs is 2. The first kappa shape index (κ1) is 12.0. The fraction of sp³-hybridized carbons (Fsp3) is 0.588. The smallest absolute Gasteiger partial charge is 0.163 e. The lowest BCUT2D eigenvalue weighted by atomic mass is 9.82. The molecular formula is C17H22O. The summed E-state index contributed by atoms with van der Waals surface area (Å²) in [5.74, 6) is 0.347. The maximum absolute atomic E-state index is 12.1. The molecule has 2 aliphatic carbocycles. The molecule has 3 rings (SSSR count). The maximum Gasteiger partial charge on any atom is 0.163 e. The number of carbonyl (C=O) groups is 1. The molecule has 0 amide bonds. The Morgan fingerprint density at radius 1 is 0.944 bits per heavy atom. The second-order valence-corrected chi connectivity index (χ2v) is 7.28. The highest BCUT2D eigenvalue weighted by Crippen LogP contribution is 2.50. The molecule has 0 fully saturated rings. The van der Waals surface area contributed by atoms with Crippen molar-refractivity contribution in [3.8, 4) is 0 Å². The molecule has 0 spiro atoms. The van der Waals surface area contributed by atoms with E-state index in [2.05, 4.69) is 39.8 Å². The lowest BCUT2D eigenvalue weighted by Crippen LogP contribution is -2.18. The van der Waals surface area contributed by atoms with E-state index in [1.165, 1.54) is 23.1 Å². The van der Waals surface area contributed by atoms with Gasteiger partial charge in [-0.15, -0.1) is 0 Å². The fourth-order valence-electron chi connectivity index (χ4n) is 4.10. The van der Waals surface area contributed by atoms with Crippen LogP contribution in [0.4, 0.5) is 0 Å². The highest BCUT2D eigenvalue weighted by atomic mass is 16.1. The van der Waals surface area contributed by atoms with Crippen molar-refractivity contribution in [2.75, 3.05) is 0 Å². The molecule has 2 aliphatic rings. The summed E-state index contributed by atoms with van der Waals surface area (Å²) in [7, 11) is 0. The van der Waals surface area contributed by atoms with Gasteiger partial charge in [-0.05, 0) is 52.8 Å². The number of carbonyl (C=O) groups excluding carboxylic acids is 1. The van der Waals surface area contributed by atoms with E-state index in [4.69, 9.17) is 0 Å². The Hall–Kier alpha value is -1.11. The zero-order chi connectivity index (χ0) is 13.1. The number of hydrogen-bond donors (Lipinski definition) is 0. The van der Waals surface area contributed by atoms with E-state index in [1.807, 2.05) is 0 Å². The van der Waals surface area contributed by atoms with Gasteiger partial charge in [-0.2, -0.15) is 0 Å². The molecule has 96 valence electrons. The Morgan fingerprint density at radius 3 is 2.22 bits per heavy atom. The van der Waals surface area contributed by atoms with Crippen LogP contribution in [0.15, 0.2) is 12.1 Å². The van der Waals surface area contributed by atoms with Gasteiger partial charge in [0.25, 0.3) is 0 Å². The molecular weight excluding hydrogens is 220 g/mol. The Labute approximate surface area is 110 Å². The zero-order valence-electron chi connectivity index (χ0n) is 11.9. The first-order chi connectivity index (χ1) is 8.31. The first-order valence-corrected chi connectivity index (χ1v) is 7.02. The molecule has 1 aromatic carbocycles. The molecule has 0 aliphatic heterocycles. The van der Waals surface area contributed by atoms with Crippen molar-refractivity contribution >= 4 is 5.78 Å². The molecule has 0 heterocycles. The molecule has 1 nitrogen and oxygen atoms in total. The van der Waals surface area contributed by atoms with E-state index in [1.54, 1.807) is 0 Å². The normalized spacial score (nSPS) is 23.7. The second-order valence-electron chi connectivity index (χ2n) is 7.28. The molecule has 0 saturated carbocycles. The van der Waals surface area contributed by atoms with Crippen LogP contribution < -0.4 is 0 Å². The van der Waals surface area contributed by atoms with Crippen molar-refractivity contribution in [1.82, 2.24) is 0 Å². The molecule has 0 bridgehead atoms. The van der Waals surface area contributed by atoms with Crippen LogP contribution in [0.25, 0.3) is 0 Å². The maximum atomic E-state index is 12.1. The number of aryl methyl sites for hydroxylation is 1. The summed E-state index contributed by atoms with van der Waals surface area (Å²) < 4.78 is 0. The van der Waals surface area contributed by atoms with Crippen molar-refractivity contribution in [3.05, 3.63) is 34.4 Å². The third kappa shape index (κ3) is 1.56. The molecule has 0 N–H and O–H groups in total. The van der Waals surface area contributed by atoms with Gasteiger partial charge in [-0.1, -0.05) is 33.8 Å². The molecule has 0 radical (unpaired) electrons. The largest absolute Gasteiger partial charge is 0.294 e. The van der Waals surface area contributed by atoms with Crippen LogP contribution in [0.1, 0.15) is 74.0 Å². The van der Waals surface area contributed by atoms with E-state index in [0.717, 1.165) is 24.8 Å². The minimum absolute atomic E-state index is 0.200. The second kappa shape index (κ2) is 3.46. The quantitative estimate of drug-likeness (QED) is 0.667. The Kier molecular flexibility index (Phi) is 2.30. The third-order valence-electron chi connectivity index (χ3n) is 4.74. The topological polar surface area (TPSA) is 17.1 Å². The number of hydrogen-bond acceptors (Lipinski definition) is 1. The van der Waals surface area contributed by atoms with Crippen LogP contribution in [-0.4, -0.2) is 5.78 Å². The fourth-order valence-corrected chi connectivity index (χ4v) is 4.10. The van der Waals surface area contributed by atoms with Gasteiger partial charge in [0.05, 0.1) is 0 Å². The lowest BCUT2D eigenvalue weighted by Gasteiger charge is -2.22. The standard InChI is InChI=1S/C17H22O/c1-16(2)10-17(3,4)14-9-12-11(8-13(14)16)6-5-7-15(12)18/h8-9H,5-7,10H2,1-4H3. The van der Waals surface area contributed by atoms with E-state index in [9.17, 15) is 4.79 Å². The van der Waals surface area contributed by atoms with Crippen LogP contribution in [-0.2, 0) is 17.3 Å². The molecule has 0 unspecified atom stereocenters. The summed E-state index contributed by atoms with van der Waals surface area (Å²) in [5, 5.41) is 0. The van der Waals surface area contributed by atoms with Crippen LogP contribution in [0.5, 0.6) is 0 Å². The first-order valence-electron chi connectivity index (χ1n) is 7.02. The van der Waals surface area contributed by atoms with Crippen molar-refractivity contribution in [3.63, 3.8) is 0 Å². The van der Waals surface area contributed by atoms with E-state index in [-0.39, 0.29) is 10.8 Å². The van der Waals surface area contributed by atoms with Crippen molar-refractivity contribution in [1.29, 1.82) is 0 Å². The minimum Gasteiger partial charge on any atom is -0.294 e. The molecule has 1 heteroatoms. The summed E-state index contributed by atoms with van der Waals surface area (Å²) in [6.45, 7) is 9.27. The minimum atomic E-state index is 0.200. The molecule has 0 aromatic heterocycles. The summed E-state index contributed by atoms with van der Waals surface area (Å²) in [6, 6.07) is 4.54. The summed E-state index contributed by atoms with van der Waals surface area (Å²) in [4.78, 5) is 12.1. The average molecular weight is 242 g/mol. The molecule has 0 atom stereocenters. The van der Waals surface area contributed by atoms with E-state index in [0.29, 0.717) is 5.78 Å². The Balaban J connectivity index is 2.25. The van der Waals surface area contributed by atoms with Crippen molar-refractivity contribution in [2.24, 2.45) is 0 Å². The van der Waals surface area contributed by atoms with Gasteiger partial charge in [0, 0.05) is 12.0 Å². The van der Waals surface area contributed by atoms with Crippen LogP contribution in [0, 0.1) is 0 Å². The van der Waals surface area contributed by atoms with Crippen molar-refractivity contribution < 1.29 is 4.79 Å². The van der Waals surface area contributed by atoms with Crippen molar-refractivity contribution in [2.45, 2.75) is 64.2 Å². The van der Waals surface area contributed by atoms with Gasteiger partial charge >= 0.3 is 0 Å². The Bertz CT molecular complexity index is 535. The monoisotopic (exact) mass is 242 g/mol. The van der Waals surface area contributed by atoms with E-state index < -0.39 is 0 Å². The van der Waals surface area contributed by atoms with Gasteiger partial charge in [-0.25, -0.2) is 0 Å². The van der Waals surface area contributed by atoms with Crippen LogP contribution >= 0.6 is 0 Å². The van der Waals surface area contributed by atoms with Crippen LogP contribution in [0.3, 0.4) is 0 Å². The van der Waals surface area contributed by atoms with Gasteiger partial charge in [-0.3, -0.25) is 4.79 Å². The SMILES string of the molecule is CC1(C)CC(C)(C)c2cc3c(cc21)CCCC3=O. The highest BCUT2D eigenvalue weighted by Gasteiger charge is 2.42. The molecule has 1 aromatic rings. The van der Waals surface area contributed by atoms with E-state index >= 15 is 0 Å². The van der Waals surface area contributed by atoms with Crippen LogP contribution in [0.2, 0.25) is 0 Å². The predicted molar refractivity (Wildman–Crippen MR) is 74.4 cm³/mol. The number of rotatable bonds is 0. The summed E-state index contributed by atoms with van der Waals surface area (Å²) in [6.07, 6.45) is 4.00. The average Bonchev–Trinajstić information content (AvgIpc) is 2.43. The lowest BCUT2D eigenvalue weighted by molar-refractivity contribution is 0.0972. The Morgan fingerprint density at radius 2 is 1.56 bits per heavy atom. The van der Waals surface area contributed by atoms with Gasteiger partial charge in [0.2, 0.25) is 0 Å². The number of Topliss-reactive ketones (excluding diaryl/α,β-unsaturated/α-hetero) is 1. The van der Waals surface area contributed by atoms with Gasteiger partial charge < -0.3 is 0 Å². The molecule has 0 saturated heterocycles. The third-order valence-corrected chi connectivity index (χ3v) is 4.74. The predicted octanol–water partition coefficient (Wildman–Crippen LogP) is 4.16. The highest BCUT2D eigenvalue weighted by molar-refractivity contribution is 5.99. The van der Waals surface area contributed by atoms with Gasteiger partial charge in [0.15, 0.2) is 5.78 Å². The summed E-state index contributed by atoms with van der Waals surface area (Å²) in [5.41, 5.74) is 5.61. The molecule has 18 heavy (non-hydrogen) atoms. The van der Waals surface area contributed by atoms with Gasteiger partial charge in [0.1, 0.15) is 0 Å². The zero-order valence-corrected chi connectivity index (χ0v) is 11.9. The number of ketones is 1.